The molecule has 1 N–H and O–H groups in total. The van der Waals surface area contributed by atoms with Gasteiger partial charge in [-0.15, -0.1) is 0 Å². The molecule has 3 rings (SSSR count). The lowest BCUT2D eigenvalue weighted by atomic mass is 10.2. The number of amides is 1. The smallest absolute Gasteiger partial charge is 0.266 e. The van der Waals surface area contributed by atoms with Crippen molar-refractivity contribution in [3.63, 3.8) is 0 Å². The van der Waals surface area contributed by atoms with E-state index < -0.39 is 0 Å². The van der Waals surface area contributed by atoms with E-state index in [4.69, 9.17) is 0 Å². The number of aliphatic imine (C=N–C) groups is 1. The van der Waals surface area contributed by atoms with Crippen LogP contribution in [0.25, 0.3) is 6.08 Å². The lowest BCUT2D eigenvalue weighted by Gasteiger charge is -2.19. The third kappa shape index (κ3) is 3.36. The molecule has 122 valence electrons. The molecule has 0 aliphatic carbocycles. The number of hydrogen-bond acceptors (Lipinski definition) is 4. The molecular weight excluding hydrogens is 320 g/mol. The fourth-order valence-corrected chi connectivity index (χ4v) is 3.50. The number of aromatic hydroxyl groups is 1. The van der Waals surface area contributed by atoms with E-state index >= 15 is 0 Å². The zero-order chi connectivity index (χ0) is 17.1. The highest BCUT2D eigenvalue weighted by Gasteiger charge is 2.35. The Bertz CT molecular complexity index is 813. The largest absolute Gasteiger partial charge is 0.507 e. The van der Waals surface area contributed by atoms with Gasteiger partial charge < -0.3 is 5.11 Å². The van der Waals surface area contributed by atoms with Crippen molar-refractivity contribution in [3.8, 4) is 5.75 Å². The van der Waals surface area contributed by atoms with Gasteiger partial charge in [0.2, 0.25) is 0 Å². The number of thioether (sulfide) groups is 1. The van der Waals surface area contributed by atoms with Crippen molar-refractivity contribution >= 4 is 34.6 Å². The molecule has 1 heterocycles. The summed E-state index contributed by atoms with van der Waals surface area (Å²) in [6.07, 6.45) is 1.71. The Morgan fingerprint density at radius 1 is 1.08 bits per heavy atom. The summed E-state index contributed by atoms with van der Waals surface area (Å²) < 4.78 is 0. The van der Waals surface area contributed by atoms with Crippen molar-refractivity contribution in [1.82, 2.24) is 4.90 Å². The van der Waals surface area contributed by atoms with Gasteiger partial charge in [-0.3, -0.25) is 9.69 Å². The number of phenols is 1. The quantitative estimate of drug-likeness (QED) is 0.844. The lowest BCUT2D eigenvalue weighted by Crippen LogP contribution is -2.35. The molecule has 1 aliphatic heterocycles. The van der Waals surface area contributed by atoms with Gasteiger partial charge in [-0.05, 0) is 49.9 Å². The van der Waals surface area contributed by atoms with Crippen molar-refractivity contribution in [1.29, 1.82) is 0 Å². The molecule has 1 saturated heterocycles. The summed E-state index contributed by atoms with van der Waals surface area (Å²) in [7, 11) is 0. The molecular formula is C19H18N2O2S. The third-order valence-corrected chi connectivity index (χ3v) is 4.54. The van der Waals surface area contributed by atoms with Crippen LogP contribution in [0, 0.1) is 0 Å². The van der Waals surface area contributed by atoms with Crippen LogP contribution in [0.15, 0.2) is 64.5 Å². The van der Waals surface area contributed by atoms with E-state index in [-0.39, 0.29) is 17.7 Å². The second-order valence-corrected chi connectivity index (χ2v) is 6.68. The van der Waals surface area contributed by atoms with Crippen molar-refractivity contribution < 1.29 is 9.90 Å². The molecule has 4 nitrogen and oxygen atoms in total. The Morgan fingerprint density at radius 3 is 2.42 bits per heavy atom. The molecule has 0 spiro atoms. The Hall–Kier alpha value is -2.53. The summed E-state index contributed by atoms with van der Waals surface area (Å²) in [6.45, 7) is 3.92. The molecule has 1 amide bonds. The third-order valence-electron chi connectivity index (χ3n) is 3.56. The fraction of sp³-hybridized carbons (Fsp3) is 0.158. The molecule has 24 heavy (non-hydrogen) atoms. The fourth-order valence-electron chi connectivity index (χ4n) is 2.38. The average Bonchev–Trinajstić information content (AvgIpc) is 2.86. The predicted molar refractivity (Wildman–Crippen MR) is 99.2 cm³/mol. The summed E-state index contributed by atoms with van der Waals surface area (Å²) in [5, 5.41) is 10.6. The molecule has 2 aromatic rings. The topological polar surface area (TPSA) is 52.9 Å². The van der Waals surface area contributed by atoms with Gasteiger partial charge >= 0.3 is 0 Å². The van der Waals surface area contributed by atoms with Crippen molar-refractivity contribution in [3.05, 3.63) is 65.1 Å². The minimum absolute atomic E-state index is 0.00253. The molecule has 1 fully saturated rings. The Kier molecular flexibility index (Phi) is 4.71. The summed E-state index contributed by atoms with van der Waals surface area (Å²) in [5.41, 5.74) is 1.43. The maximum Gasteiger partial charge on any atom is 0.266 e. The maximum atomic E-state index is 12.7. The standard InChI is InChI=1S/C19H18N2O2S/c1-13(2)21-18(23)17(12-14-8-6-7-11-16(14)22)24-19(21)20-15-9-4-3-5-10-15/h3-13,22H,1-2H3/b17-12+,20-19?. The van der Waals surface area contributed by atoms with Crippen LogP contribution in [0.5, 0.6) is 5.75 Å². The Labute approximate surface area is 145 Å². The van der Waals surface area contributed by atoms with Gasteiger partial charge in [-0.2, -0.15) is 0 Å². The van der Waals surface area contributed by atoms with E-state index in [1.807, 2.05) is 50.2 Å². The highest BCUT2D eigenvalue weighted by atomic mass is 32.2. The first-order valence-electron chi connectivity index (χ1n) is 7.71. The highest BCUT2D eigenvalue weighted by molar-refractivity contribution is 8.18. The van der Waals surface area contributed by atoms with Crippen molar-refractivity contribution in [2.75, 3.05) is 0 Å². The first-order valence-corrected chi connectivity index (χ1v) is 8.53. The van der Waals surface area contributed by atoms with Crippen LogP contribution in [0.1, 0.15) is 19.4 Å². The minimum Gasteiger partial charge on any atom is -0.507 e. The van der Waals surface area contributed by atoms with Crippen LogP contribution < -0.4 is 0 Å². The number of hydrogen-bond donors (Lipinski definition) is 1. The molecule has 0 saturated carbocycles. The van der Waals surface area contributed by atoms with Gasteiger partial charge in [-0.1, -0.05) is 36.4 Å². The maximum absolute atomic E-state index is 12.7. The number of carbonyl (C=O) groups excluding carboxylic acids is 1. The molecule has 2 aromatic carbocycles. The molecule has 0 radical (unpaired) electrons. The molecule has 0 atom stereocenters. The minimum atomic E-state index is -0.0899. The second kappa shape index (κ2) is 6.93. The van der Waals surface area contributed by atoms with Gasteiger partial charge in [0, 0.05) is 11.6 Å². The lowest BCUT2D eigenvalue weighted by molar-refractivity contribution is -0.123. The van der Waals surface area contributed by atoms with Gasteiger partial charge in [0.25, 0.3) is 5.91 Å². The number of phenolic OH excluding ortho intramolecular Hbond substituents is 1. The molecule has 5 heteroatoms. The van der Waals surface area contributed by atoms with Crippen LogP contribution in [0.3, 0.4) is 0 Å². The zero-order valence-electron chi connectivity index (χ0n) is 13.5. The van der Waals surface area contributed by atoms with Crippen LogP contribution in [0.2, 0.25) is 0 Å². The highest BCUT2D eigenvalue weighted by Crippen LogP contribution is 2.36. The summed E-state index contributed by atoms with van der Waals surface area (Å²) >= 11 is 1.33. The van der Waals surface area contributed by atoms with Crippen LogP contribution in [-0.2, 0) is 4.79 Å². The first-order chi connectivity index (χ1) is 11.6. The summed E-state index contributed by atoms with van der Waals surface area (Å²) in [6, 6.07) is 16.5. The number of para-hydroxylation sites is 2. The molecule has 0 bridgehead atoms. The van der Waals surface area contributed by atoms with E-state index in [2.05, 4.69) is 4.99 Å². The van der Waals surface area contributed by atoms with Gasteiger partial charge in [0.15, 0.2) is 5.17 Å². The first kappa shape index (κ1) is 16.3. The number of rotatable bonds is 3. The summed E-state index contributed by atoms with van der Waals surface area (Å²) in [4.78, 5) is 19.6. The summed E-state index contributed by atoms with van der Waals surface area (Å²) in [5.74, 6) is 0.0656. The molecule has 0 unspecified atom stereocenters. The SMILES string of the molecule is CC(C)N1C(=O)/C(=C\c2ccccc2O)SC1=Nc1ccccc1. The van der Waals surface area contributed by atoms with Gasteiger partial charge in [0.1, 0.15) is 5.75 Å². The van der Waals surface area contributed by atoms with E-state index in [0.717, 1.165) is 5.69 Å². The van der Waals surface area contributed by atoms with Crippen LogP contribution in [0.4, 0.5) is 5.69 Å². The molecule has 0 aromatic heterocycles. The van der Waals surface area contributed by atoms with Gasteiger partial charge in [-0.25, -0.2) is 4.99 Å². The number of amidine groups is 1. The van der Waals surface area contributed by atoms with Gasteiger partial charge in [0.05, 0.1) is 10.6 Å². The Balaban J connectivity index is 1.99. The average molecular weight is 338 g/mol. The van der Waals surface area contributed by atoms with E-state index in [1.54, 1.807) is 29.2 Å². The number of nitrogens with zero attached hydrogens (tertiary/aromatic N) is 2. The van der Waals surface area contributed by atoms with Crippen LogP contribution in [-0.4, -0.2) is 27.1 Å². The predicted octanol–water partition coefficient (Wildman–Crippen LogP) is 4.40. The second-order valence-electron chi connectivity index (χ2n) is 5.67. The van der Waals surface area contributed by atoms with Crippen LogP contribution >= 0.6 is 11.8 Å². The number of carbonyl (C=O) groups is 1. The van der Waals surface area contributed by atoms with Crippen molar-refractivity contribution in [2.45, 2.75) is 19.9 Å². The normalized spacial score (nSPS) is 18.1. The zero-order valence-corrected chi connectivity index (χ0v) is 14.3. The molecule has 1 aliphatic rings. The van der Waals surface area contributed by atoms with E-state index in [9.17, 15) is 9.90 Å². The number of benzene rings is 2. The van der Waals surface area contributed by atoms with Crippen molar-refractivity contribution in [2.24, 2.45) is 4.99 Å². The monoisotopic (exact) mass is 338 g/mol. The Morgan fingerprint density at radius 2 is 1.75 bits per heavy atom. The van der Waals surface area contributed by atoms with E-state index in [0.29, 0.717) is 15.6 Å². The van der Waals surface area contributed by atoms with E-state index in [1.165, 1.54) is 11.8 Å².